The standard InChI is InChI=1S/C25H23NO5/c1-28-19-10-7-11-20(16-19)29-15-14-26-25(27)24-22(17-30-18-8-3-2-4-9-18)21-12-5-6-13-23(21)31-24/h2-13,16H,14-15,17H2,1H3,(H,26,27). The Kier molecular flexibility index (Phi) is 6.38. The zero-order valence-electron chi connectivity index (χ0n) is 17.2. The number of benzene rings is 3. The molecule has 1 N–H and O–H groups in total. The molecule has 0 atom stereocenters. The van der Waals surface area contributed by atoms with Crippen LogP contribution in [0.1, 0.15) is 16.1 Å². The molecule has 6 nitrogen and oxygen atoms in total. The highest BCUT2D eigenvalue weighted by atomic mass is 16.5. The number of rotatable bonds is 9. The Bertz CT molecular complexity index is 1150. The summed E-state index contributed by atoms with van der Waals surface area (Å²) >= 11 is 0. The van der Waals surface area contributed by atoms with Crippen molar-refractivity contribution >= 4 is 16.9 Å². The lowest BCUT2D eigenvalue weighted by Crippen LogP contribution is -2.28. The topological polar surface area (TPSA) is 69.9 Å². The maximum absolute atomic E-state index is 12.8. The average Bonchev–Trinajstić information content (AvgIpc) is 3.20. The molecule has 0 unspecified atom stereocenters. The Labute approximate surface area is 180 Å². The van der Waals surface area contributed by atoms with Gasteiger partial charge in [0.05, 0.1) is 13.7 Å². The molecule has 0 aliphatic carbocycles. The van der Waals surface area contributed by atoms with Gasteiger partial charge in [0.15, 0.2) is 5.76 Å². The maximum atomic E-state index is 12.8. The van der Waals surface area contributed by atoms with Crippen molar-refractivity contribution in [3.8, 4) is 17.2 Å². The number of hydrogen-bond acceptors (Lipinski definition) is 5. The number of amides is 1. The molecule has 4 aromatic rings. The summed E-state index contributed by atoms with van der Waals surface area (Å²) in [4.78, 5) is 12.8. The molecule has 0 aliphatic heterocycles. The normalized spacial score (nSPS) is 10.6. The lowest BCUT2D eigenvalue weighted by atomic mass is 10.1. The second kappa shape index (κ2) is 9.71. The highest BCUT2D eigenvalue weighted by molar-refractivity contribution is 5.99. The van der Waals surface area contributed by atoms with E-state index in [0.29, 0.717) is 35.8 Å². The number of para-hydroxylation sites is 2. The SMILES string of the molecule is COc1cccc(OCCNC(=O)c2oc3ccccc3c2COc2ccccc2)c1. The van der Waals surface area contributed by atoms with E-state index in [9.17, 15) is 4.79 Å². The number of furan rings is 1. The number of hydrogen-bond donors (Lipinski definition) is 1. The Hall–Kier alpha value is -3.93. The van der Waals surface area contributed by atoms with E-state index >= 15 is 0 Å². The summed E-state index contributed by atoms with van der Waals surface area (Å²) in [6.45, 7) is 0.866. The molecule has 1 amide bonds. The van der Waals surface area contributed by atoms with Gasteiger partial charge < -0.3 is 23.9 Å². The first-order valence-electron chi connectivity index (χ1n) is 9.98. The largest absolute Gasteiger partial charge is 0.497 e. The van der Waals surface area contributed by atoms with Gasteiger partial charge in [-0.3, -0.25) is 4.79 Å². The minimum atomic E-state index is -0.308. The Morgan fingerprint density at radius 2 is 1.61 bits per heavy atom. The van der Waals surface area contributed by atoms with Crippen LogP contribution < -0.4 is 19.5 Å². The summed E-state index contributed by atoms with van der Waals surface area (Å²) in [5.74, 6) is 2.06. The van der Waals surface area contributed by atoms with Gasteiger partial charge in [0.2, 0.25) is 0 Å². The molecular weight excluding hydrogens is 394 g/mol. The average molecular weight is 417 g/mol. The smallest absolute Gasteiger partial charge is 0.287 e. The summed E-state index contributed by atoms with van der Waals surface area (Å²) in [5.41, 5.74) is 1.36. The number of ether oxygens (including phenoxy) is 3. The minimum Gasteiger partial charge on any atom is -0.497 e. The molecule has 0 aliphatic rings. The lowest BCUT2D eigenvalue weighted by Gasteiger charge is -2.09. The summed E-state index contributed by atoms with van der Waals surface area (Å²) in [6, 6.07) is 24.3. The number of fused-ring (bicyclic) bond motifs is 1. The van der Waals surface area contributed by atoms with E-state index in [1.165, 1.54) is 0 Å². The number of methoxy groups -OCH3 is 1. The second-order valence-electron chi connectivity index (χ2n) is 6.79. The van der Waals surface area contributed by atoms with Gasteiger partial charge in [-0.05, 0) is 30.3 Å². The first-order chi connectivity index (χ1) is 15.2. The van der Waals surface area contributed by atoms with Gasteiger partial charge in [-0.25, -0.2) is 0 Å². The highest BCUT2D eigenvalue weighted by Crippen LogP contribution is 2.27. The number of carbonyl (C=O) groups excluding carboxylic acids is 1. The molecule has 0 radical (unpaired) electrons. The third-order valence-electron chi connectivity index (χ3n) is 4.73. The van der Waals surface area contributed by atoms with E-state index in [4.69, 9.17) is 18.6 Å². The van der Waals surface area contributed by atoms with Crippen molar-refractivity contribution in [2.75, 3.05) is 20.3 Å². The predicted molar refractivity (Wildman–Crippen MR) is 118 cm³/mol. The van der Waals surface area contributed by atoms with Crippen LogP contribution in [0.15, 0.2) is 83.3 Å². The van der Waals surface area contributed by atoms with E-state index in [1.807, 2.05) is 72.8 Å². The van der Waals surface area contributed by atoms with Crippen LogP contribution in [0.25, 0.3) is 11.0 Å². The fourth-order valence-electron chi connectivity index (χ4n) is 3.20. The predicted octanol–water partition coefficient (Wildman–Crippen LogP) is 4.83. The van der Waals surface area contributed by atoms with Crippen LogP contribution in [0.4, 0.5) is 0 Å². The molecule has 6 heteroatoms. The Balaban J connectivity index is 1.42. The maximum Gasteiger partial charge on any atom is 0.287 e. The van der Waals surface area contributed by atoms with E-state index in [1.54, 1.807) is 13.2 Å². The molecule has 0 saturated carbocycles. The Morgan fingerprint density at radius 1 is 0.871 bits per heavy atom. The molecule has 0 spiro atoms. The molecular formula is C25H23NO5. The quantitative estimate of drug-likeness (QED) is 0.395. The van der Waals surface area contributed by atoms with Gasteiger partial charge in [-0.1, -0.05) is 42.5 Å². The van der Waals surface area contributed by atoms with Gasteiger partial charge in [0.25, 0.3) is 5.91 Å². The third-order valence-corrected chi connectivity index (χ3v) is 4.73. The molecule has 1 aromatic heterocycles. The van der Waals surface area contributed by atoms with E-state index in [2.05, 4.69) is 5.32 Å². The summed E-state index contributed by atoms with van der Waals surface area (Å²) < 4.78 is 22.6. The first kappa shape index (κ1) is 20.3. The second-order valence-corrected chi connectivity index (χ2v) is 6.79. The molecule has 4 rings (SSSR count). The fraction of sp³-hybridized carbons (Fsp3) is 0.160. The van der Waals surface area contributed by atoms with Crippen LogP contribution in [0, 0.1) is 0 Å². The summed E-state index contributed by atoms with van der Waals surface area (Å²) in [6.07, 6.45) is 0. The molecule has 0 saturated heterocycles. The Morgan fingerprint density at radius 3 is 2.45 bits per heavy atom. The van der Waals surface area contributed by atoms with Gasteiger partial charge in [0.1, 0.15) is 36.0 Å². The van der Waals surface area contributed by atoms with Crippen LogP contribution in [-0.4, -0.2) is 26.2 Å². The zero-order chi connectivity index (χ0) is 21.5. The van der Waals surface area contributed by atoms with Crippen LogP contribution in [0.2, 0.25) is 0 Å². The molecule has 0 bridgehead atoms. The molecule has 1 heterocycles. The van der Waals surface area contributed by atoms with Gasteiger partial charge in [0, 0.05) is 17.0 Å². The van der Waals surface area contributed by atoms with Crippen molar-refractivity contribution in [1.29, 1.82) is 0 Å². The molecule has 31 heavy (non-hydrogen) atoms. The van der Waals surface area contributed by atoms with Crippen molar-refractivity contribution in [3.05, 3.63) is 90.2 Å². The fourth-order valence-corrected chi connectivity index (χ4v) is 3.20. The van der Waals surface area contributed by atoms with E-state index < -0.39 is 0 Å². The van der Waals surface area contributed by atoms with Crippen LogP contribution >= 0.6 is 0 Å². The molecule has 158 valence electrons. The van der Waals surface area contributed by atoms with Gasteiger partial charge >= 0.3 is 0 Å². The van der Waals surface area contributed by atoms with Crippen molar-refractivity contribution in [2.24, 2.45) is 0 Å². The lowest BCUT2D eigenvalue weighted by molar-refractivity contribution is 0.0918. The molecule has 3 aromatic carbocycles. The van der Waals surface area contributed by atoms with Gasteiger partial charge in [-0.15, -0.1) is 0 Å². The summed E-state index contributed by atoms with van der Waals surface area (Å²) in [7, 11) is 1.60. The van der Waals surface area contributed by atoms with Gasteiger partial charge in [-0.2, -0.15) is 0 Å². The van der Waals surface area contributed by atoms with Crippen LogP contribution in [0.3, 0.4) is 0 Å². The highest BCUT2D eigenvalue weighted by Gasteiger charge is 2.20. The number of carbonyl (C=O) groups is 1. The minimum absolute atomic E-state index is 0.226. The summed E-state index contributed by atoms with van der Waals surface area (Å²) in [5, 5.41) is 3.71. The van der Waals surface area contributed by atoms with Crippen molar-refractivity contribution < 1.29 is 23.4 Å². The van der Waals surface area contributed by atoms with Crippen molar-refractivity contribution in [3.63, 3.8) is 0 Å². The van der Waals surface area contributed by atoms with Crippen molar-refractivity contribution in [1.82, 2.24) is 5.32 Å². The van der Waals surface area contributed by atoms with E-state index in [-0.39, 0.29) is 18.3 Å². The van der Waals surface area contributed by atoms with E-state index in [0.717, 1.165) is 11.1 Å². The monoisotopic (exact) mass is 417 g/mol. The van der Waals surface area contributed by atoms with Crippen molar-refractivity contribution in [2.45, 2.75) is 6.61 Å². The zero-order valence-corrected chi connectivity index (χ0v) is 17.2. The van der Waals surface area contributed by atoms with Crippen LogP contribution in [-0.2, 0) is 6.61 Å². The molecule has 0 fully saturated rings. The first-order valence-corrected chi connectivity index (χ1v) is 9.98. The number of nitrogens with one attached hydrogen (secondary N) is 1. The third kappa shape index (κ3) is 4.98. The van der Waals surface area contributed by atoms with Crippen LogP contribution in [0.5, 0.6) is 17.2 Å².